The van der Waals surface area contributed by atoms with Crippen LogP contribution in [0.15, 0.2) is 11.4 Å². The van der Waals surface area contributed by atoms with Crippen molar-refractivity contribution in [3.05, 3.63) is 21.9 Å². The summed E-state index contributed by atoms with van der Waals surface area (Å²) in [5, 5.41) is 2.13. The molecule has 3 aliphatic rings. The maximum absolute atomic E-state index is 11.4. The van der Waals surface area contributed by atoms with Crippen molar-refractivity contribution in [2.75, 3.05) is 32.8 Å². The van der Waals surface area contributed by atoms with Crippen LogP contribution in [-0.4, -0.2) is 60.5 Å². The van der Waals surface area contributed by atoms with Gasteiger partial charge in [0.2, 0.25) is 0 Å². The largest absolute Gasteiger partial charge is 0.378 e. The Morgan fingerprint density at radius 2 is 2.23 bits per heavy atom. The highest BCUT2D eigenvalue weighted by Crippen LogP contribution is 2.38. The minimum absolute atomic E-state index is 0.175. The number of rotatable bonds is 4. The van der Waals surface area contributed by atoms with E-state index >= 15 is 0 Å². The van der Waals surface area contributed by atoms with Gasteiger partial charge in [-0.3, -0.25) is 14.6 Å². The third-order valence-corrected chi connectivity index (χ3v) is 6.29. The molecule has 2 aliphatic heterocycles. The van der Waals surface area contributed by atoms with Crippen molar-refractivity contribution in [3.8, 4) is 0 Å². The standard InChI is InChI=1S/C17H24N2O2S/c1-12(20)17-6-13(11-22-17)7-18-4-5-19-15(8-18)9-21-10-16(19)14-2-3-14/h6,11,14-16H,2-5,7-10H2,1H3/t15-,16-/m1/s1. The Kier molecular flexibility index (Phi) is 4.07. The average molecular weight is 320 g/mol. The fraction of sp³-hybridized carbons (Fsp3) is 0.706. The minimum atomic E-state index is 0.175. The maximum atomic E-state index is 11.4. The molecule has 0 N–H and O–H groups in total. The molecular weight excluding hydrogens is 296 g/mol. The lowest BCUT2D eigenvalue weighted by molar-refractivity contribution is -0.0879. The van der Waals surface area contributed by atoms with E-state index in [2.05, 4.69) is 21.2 Å². The van der Waals surface area contributed by atoms with Gasteiger partial charge in [-0.05, 0) is 42.7 Å². The molecule has 5 heteroatoms. The molecule has 0 radical (unpaired) electrons. The molecule has 1 saturated carbocycles. The Bertz CT molecular complexity index is 555. The van der Waals surface area contributed by atoms with Gasteiger partial charge in [0.25, 0.3) is 0 Å². The molecular formula is C17H24N2O2S. The number of thiophene rings is 1. The first-order chi connectivity index (χ1) is 10.7. The third-order valence-electron chi connectivity index (χ3n) is 5.21. The van der Waals surface area contributed by atoms with Crippen LogP contribution in [-0.2, 0) is 11.3 Å². The molecule has 2 atom stereocenters. The van der Waals surface area contributed by atoms with Crippen LogP contribution < -0.4 is 0 Å². The van der Waals surface area contributed by atoms with E-state index in [9.17, 15) is 4.79 Å². The van der Waals surface area contributed by atoms with Gasteiger partial charge in [0.1, 0.15) is 0 Å². The average Bonchev–Trinajstić information content (AvgIpc) is 3.25. The number of piperazine rings is 1. The molecule has 3 heterocycles. The van der Waals surface area contributed by atoms with Crippen LogP contribution >= 0.6 is 11.3 Å². The van der Waals surface area contributed by atoms with Gasteiger partial charge in [0.05, 0.1) is 18.1 Å². The Labute approximate surface area is 136 Å². The summed E-state index contributed by atoms with van der Waals surface area (Å²) in [6.07, 6.45) is 2.79. The second-order valence-corrected chi connectivity index (χ2v) is 7.86. The number of carbonyl (C=O) groups is 1. The van der Waals surface area contributed by atoms with Crippen LogP contribution in [0.5, 0.6) is 0 Å². The van der Waals surface area contributed by atoms with E-state index in [1.807, 2.05) is 0 Å². The summed E-state index contributed by atoms with van der Waals surface area (Å²) < 4.78 is 5.88. The number of morpholine rings is 1. The van der Waals surface area contributed by atoms with Gasteiger partial charge in [-0.15, -0.1) is 11.3 Å². The van der Waals surface area contributed by atoms with Gasteiger partial charge in [-0.1, -0.05) is 0 Å². The number of hydrogen-bond acceptors (Lipinski definition) is 5. The molecule has 1 aromatic heterocycles. The van der Waals surface area contributed by atoms with E-state index in [0.717, 1.165) is 43.6 Å². The number of fused-ring (bicyclic) bond motifs is 1. The first kappa shape index (κ1) is 14.8. The van der Waals surface area contributed by atoms with Crippen molar-refractivity contribution in [1.82, 2.24) is 9.80 Å². The second kappa shape index (κ2) is 6.04. The van der Waals surface area contributed by atoms with Gasteiger partial charge >= 0.3 is 0 Å². The molecule has 0 spiro atoms. The lowest BCUT2D eigenvalue weighted by Crippen LogP contribution is -2.62. The molecule has 22 heavy (non-hydrogen) atoms. The number of carbonyl (C=O) groups excluding carboxylic acids is 1. The lowest BCUT2D eigenvalue weighted by Gasteiger charge is -2.48. The number of Topliss-reactive ketones (excluding diaryl/α,β-unsaturated/α-hetero) is 1. The van der Waals surface area contributed by atoms with Crippen molar-refractivity contribution >= 4 is 17.1 Å². The molecule has 3 fully saturated rings. The Morgan fingerprint density at radius 1 is 1.36 bits per heavy atom. The number of ether oxygens (including phenoxy) is 1. The van der Waals surface area contributed by atoms with Gasteiger partial charge < -0.3 is 4.74 Å². The maximum Gasteiger partial charge on any atom is 0.169 e. The van der Waals surface area contributed by atoms with E-state index in [1.165, 1.54) is 24.9 Å². The van der Waals surface area contributed by atoms with Crippen LogP contribution in [0.25, 0.3) is 0 Å². The van der Waals surface area contributed by atoms with E-state index in [0.29, 0.717) is 12.1 Å². The van der Waals surface area contributed by atoms with E-state index in [1.54, 1.807) is 18.3 Å². The van der Waals surface area contributed by atoms with Crippen molar-refractivity contribution in [2.45, 2.75) is 38.4 Å². The zero-order valence-corrected chi connectivity index (χ0v) is 14.0. The lowest BCUT2D eigenvalue weighted by atomic mass is 10.0. The summed E-state index contributed by atoms with van der Waals surface area (Å²) >= 11 is 1.57. The second-order valence-electron chi connectivity index (χ2n) is 6.94. The molecule has 1 aliphatic carbocycles. The molecule has 4 nitrogen and oxygen atoms in total. The Morgan fingerprint density at radius 3 is 2.95 bits per heavy atom. The summed E-state index contributed by atoms with van der Waals surface area (Å²) in [4.78, 5) is 17.5. The first-order valence-corrected chi connectivity index (χ1v) is 9.23. The summed E-state index contributed by atoms with van der Waals surface area (Å²) in [6, 6.07) is 3.29. The van der Waals surface area contributed by atoms with Gasteiger partial charge in [0, 0.05) is 38.3 Å². The predicted octanol–water partition coefficient (Wildman–Crippen LogP) is 2.25. The van der Waals surface area contributed by atoms with Crippen LogP contribution in [0.2, 0.25) is 0 Å². The molecule has 120 valence electrons. The number of ketones is 1. The smallest absolute Gasteiger partial charge is 0.169 e. The Hall–Kier alpha value is -0.750. The fourth-order valence-corrected chi connectivity index (χ4v) is 4.68. The monoisotopic (exact) mass is 320 g/mol. The van der Waals surface area contributed by atoms with Crippen LogP contribution in [0.3, 0.4) is 0 Å². The Balaban J connectivity index is 1.38. The zero-order valence-electron chi connectivity index (χ0n) is 13.2. The van der Waals surface area contributed by atoms with Gasteiger partial charge in [-0.2, -0.15) is 0 Å². The molecule has 0 aromatic carbocycles. The van der Waals surface area contributed by atoms with Gasteiger partial charge in [-0.25, -0.2) is 0 Å². The van der Waals surface area contributed by atoms with Gasteiger partial charge in [0.15, 0.2) is 5.78 Å². The third kappa shape index (κ3) is 3.00. The molecule has 0 amide bonds. The van der Waals surface area contributed by atoms with E-state index in [4.69, 9.17) is 4.74 Å². The number of hydrogen-bond donors (Lipinski definition) is 0. The molecule has 4 rings (SSSR count). The first-order valence-electron chi connectivity index (χ1n) is 8.35. The van der Waals surface area contributed by atoms with Crippen molar-refractivity contribution < 1.29 is 9.53 Å². The molecule has 0 bridgehead atoms. The zero-order chi connectivity index (χ0) is 15.1. The quantitative estimate of drug-likeness (QED) is 0.797. The van der Waals surface area contributed by atoms with Crippen LogP contribution in [0.4, 0.5) is 0 Å². The predicted molar refractivity (Wildman–Crippen MR) is 87.4 cm³/mol. The molecule has 2 saturated heterocycles. The SMILES string of the molecule is CC(=O)c1cc(CN2CCN3[C@@H](COC[C@@H]3C3CC3)C2)cs1. The number of nitrogens with zero attached hydrogens (tertiary/aromatic N) is 2. The highest BCUT2D eigenvalue weighted by atomic mass is 32.1. The van der Waals surface area contributed by atoms with E-state index in [-0.39, 0.29) is 5.78 Å². The topological polar surface area (TPSA) is 32.8 Å². The summed E-state index contributed by atoms with van der Waals surface area (Å²) in [5.74, 6) is 1.07. The molecule has 0 unspecified atom stereocenters. The summed E-state index contributed by atoms with van der Waals surface area (Å²) in [6.45, 7) is 7.81. The normalized spacial score (nSPS) is 30.2. The van der Waals surface area contributed by atoms with Crippen LogP contribution in [0.1, 0.15) is 35.0 Å². The molecule has 1 aromatic rings. The summed E-state index contributed by atoms with van der Waals surface area (Å²) in [5.41, 5.74) is 1.28. The van der Waals surface area contributed by atoms with E-state index < -0.39 is 0 Å². The van der Waals surface area contributed by atoms with Crippen molar-refractivity contribution in [2.24, 2.45) is 5.92 Å². The highest BCUT2D eigenvalue weighted by molar-refractivity contribution is 7.12. The fourth-order valence-electron chi connectivity index (χ4n) is 3.87. The minimum Gasteiger partial charge on any atom is -0.378 e. The van der Waals surface area contributed by atoms with Crippen LogP contribution in [0, 0.1) is 5.92 Å². The highest BCUT2D eigenvalue weighted by Gasteiger charge is 2.42. The van der Waals surface area contributed by atoms with Crippen molar-refractivity contribution in [1.29, 1.82) is 0 Å². The van der Waals surface area contributed by atoms with Crippen molar-refractivity contribution in [3.63, 3.8) is 0 Å². The summed E-state index contributed by atoms with van der Waals surface area (Å²) in [7, 11) is 0.